The first-order valence-electron chi connectivity index (χ1n) is 21.7. The van der Waals surface area contributed by atoms with E-state index in [1.807, 2.05) is 72.8 Å². The van der Waals surface area contributed by atoms with E-state index in [1.54, 1.807) is 0 Å². The molecule has 0 aliphatic rings. The highest BCUT2D eigenvalue weighted by atomic mass is 16.5. The molecule has 0 radical (unpaired) electrons. The predicted molar refractivity (Wildman–Crippen MR) is 232 cm³/mol. The summed E-state index contributed by atoms with van der Waals surface area (Å²) in [5, 5.41) is 18.0. The molecule has 1 heterocycles. The smallest absolute Gasteiger partial charge is 0.243 e. The fraction of sp³-hybridized carbons (Fsp3) is 0.431. The van der Waals surface area contributed by atoms with E-state index in [0.29, 0.717) is 11.1 Å². The highest BCUT2D eigenvalue weighted by Gasteiger charge is 2.05. The summed E-state index contributed by atoms with van der Waals surface area (Å²) >= 11 is 0. The number of nitrogens with zero attached hydrogens (tertiary/aromatic N) is 4. The van der Waals surface area contributed by atoms with Crippen LogP contribution in [0.2, 0.25) is 0 Å². The summed E-state index contributed by atoms with van der Waals surface area (Å²) in [5.74, 6) is 1.85. The van der Waals surface area contributed by atoms with Gasteiger partial charge in [0.25, 0.3) is 0 Å². The number of benzene rings is 4. The largest absolute Gasteiger partial charge is 0.494 e. The highest BCUT2D eigenvalue weighted by Crippen LogP contribution is 2.24. The van der Waals surface area contributed by atoms with Crippen LogP contribution in [0, 0.1) is 22.7 Å². The fourth-order valence-electron chi connectivity index (χ4n) is 7.31. The second-order valence-electron chi connectivity index (χ2n) is 15.4. The number of rotatable bonds is 28. The van der Waals surface area contributed by atoms with Crippen molar-refractivity contribution in [2.45, 2.75) is 129 Å². The molecule has 298 valence electrons. The Labute approximate surface area is 342 Å². The summed E-state index contributed by atoms with van der Waals surface area (Å²) in [6.45, 7) is 3.81. The standard InChI is InChI=1S/C51H63N4O2/c52-41-44-19-23-46(24-20-44)48-27-31-50(32-28-48)56-39-17-13-9-5-1-3-7-11-15-35-54-37-38-55(43-54)36-16-12-8-4-2-6-10-14-18-40-57-51-33-29-49(30-34-51)47-25-21-45(42-53)22-26-47/h19-34,37-38,43H,1-18,35-36,39-40H2/q+1. The van der Waals surface area contributed by atoms with Gasteiger partial charge in [-0.05, 0) is 109 Å². The Morgan fingerprint density at radius 3 is 1.18 bits per heavy atom. The van der Waals surface area contributed by atoms with Gasteiger partial charge in [0.15, 0.2) is 0 Å². The summed E-state index contributed by atoms with van der Waals surface area (Å²) in [6.07, 6.45) is 30.0. The SMILES string of the molecule is N#Cc1ccc(-c2ccc(OCCCCCCCCCCCn3cc[n+](CCCCCCCCCCCOc4ccc(-c5ccc(C#N)cc5)cc4)c3)cc2)cc1. The maximum absolute atomic E-state index is 8.98. The van der Waals surface area contributed by atoms with Crippen LogP contribution in [0.3, 0.4) is 0 Å². The van der Waals surface area contributed by atoms with Crippen LogP contribution >= 0.6 is 0 Å². The Kier molecular flexibility index (Phi) is 19.3. The second kappa shape index (κ2) is 25.8. The molecule has 5 aromatic rings. The first-order chi connectivity index (χ1) is 28.2. The Hall–Kier alpha value is -5.33. The molecule has 1 aromatic heterocycles. The van der Waals surface area contributed by atoms with Crippen molar-refractivity contribution in [3.63, 3.8) is 0 Å². The molecule has 0 aliphatic heterocycles. The summed E-state index contributed by atoms with van der Waals surface area (Å²) in [7, 11) is 0. The summed E-state index contributed by atoms with van der Waals surface area (Å²) in [5.41, 5.74) is 5.87. The molecule has 0 atom stereocenters. The van der Waals surface area contributed by atoms with E-state index in [2.05, 4.69) is 64.3 Å². The van der Waals surface area contributed by atoms with E-state index in [1.165, 1.54) is 103 Å². The molecule has 6 nitrogen and oxygen atoms in total. The average Bonchev–Trinajstić information content (AvgIpc) is 3.72. The van der Waals surface area contributed by atoms with E-state index in [4.69, 9.17) is 20.0 Å². The first-order valence-corrected chi connectivity index (χ1v) is 21.7. The maximum atomic E-state index is 8.98. The van der Waals surface area contributed by atoms with Crippen molar-refractivity contribution in [3.05, 3.63) is 127 Å². The van der Waals surface area contributed by atoms with E-state index in [9.17, 15) is 0 Å². The average molecular weight is 764 g/mol. The predicted octanol–water partition coefficient (Wildman–Crippen LogP) is 13.0. The van der Waals surface area contributed by atoms with Gasteiger partial charge in [-0.15, -0.1) is 0 Å². The molecule has 0 N–H and O–H groups in total. The van der Waals surface area contributed by atoms with Crippen molar-refractivity contribution in [2.24, 2.45) is 0 Å². The normalized spacial score (nSPS) is 10.9. The molecular formula is C51H63N4O2+. The van der Waals surface area contributed by atoms with Gasteiger partial charge in [0, 0.05) is 0 Å². The molecule has 0 spiro atoms. The first kappa shape index (κ1) is 42.8. The zero-order chi connectivity index (χ0) is 39.6. The van der Waals surface area contributed by atoms with Crippen LogP contribution < -0.4 is 14.0 Å². The van der Waals surface area contributed by atoms with Crippen molar-refractivity contribution < 1.29 is 14.0 Å². The Balaban J connectivity index is 0.758. The second-order valence-corrected chi connectivity index (χ2v) is 15.4. The molecule has 0 amide bonds. The molecule has 57 heavy (non-hydrogen) atoms. The van der Waals surface area contributed by atoms with Crippen LogP contribution in [-0.2, 0) is 13.1 Å². The number of hydrogen-bond acceptors (Lipinski definition) is 4. The van der Waals surface area contributed by atoms with Crippen LogP contribution in [0.1, 0.15) is 127 Å². The number of aryl methyl sites for hydroxylation is 2. The lowest BCUT2D eigenvalue weighted by molar-refractivity contribution is -0.696. The monoisotopic (exact) mass is 763 g/mol. The van der Waals surface area contributed by atoms with E-state index >= 15 is 0 Å². The van der Waals surface area contributed by atoms with Crippen LogP contribution in [0.15, 0.2) is 116 Å². The van der Waals surface area contributed by atoms with Gasteiger partial charge in [0.2, 0.25) is 6.33 Å². The summed E-state index contributed by atoms with van der Waals surface area (Å²) in [4.78, 5) is 0. The lowest BCUT2D eigenvalue weighted by Crippen LogP contribution is -2.30. The number of unbranched alkanes of at least 4 members (excludes halogenated alkanes) is 16. The van der Waals surface area contributed by atoms with E-state index in [-0.39, 0.29) is 0 Å². The summed E-state index contributed by atoms with van der Waals surface area (Å²) < 4.78 is 16.7. The molecule has 0 aliphatic carbocycles. The van der Waals surface area contributed by atoms with Crippen LogP contribution in [0.25, 0.3) is 22.3 Å². The van der Waals surface area contributed by atoms with Crippen molar-refractivity contribution in [1.29, 1.82) is 10.5 Å². The molecular weight excluding hydrogens is 701 g/mol. The third-order valence-corrected chi connectivity index (χ3v) is 10.8. The molecule has 0 bridgehead atoms. The third kappa shape index (κ3) is 16.4. The fourth-order valence-corrected chi connectivity index (χ4v) is 7.31. The lowest BCUT2D eigenvalue weighted by Gasteiger charge is -2.08. The van der Waals surface area contributed by atoms with Crippen molar-refractivity contribution in [3.8, 4) is 45.9 Å². The Morgan fingerprint density at radius 2 is 0.772 bits per heavy atom. The van der Waals surface area contributed by atoms with Gasteiger partial charge in [-0.25, -0.2) is 9.13 Å². The molecule has 0 saturated carbocycles. The van der Waals surface area contributed by atoms with Gasteiger partial charge < -0.3 is 9.47 Å². The number of imidazole rings is 1. The molecule has 0 unspecified atom stereocenters. The number of ether oxygens (including phenoxy) is 2. The minimum absolute atomic E-state index is 0.684. The lowest BCUT2D eigenvalue weighted by atomic mass is 10.0. The highest BCUT2D eigenvalue weighted by molar-refractivity contribution is 5.65. The van der Waals surface area contributed by atoms with Gasteiger partial charge in [-0.2, -0.15) is 10.5 Å². The topological polar surface area (TPSA) is 74.8 Å². The van der Waals surface area contributed by atoms with Gasteiger partial charge in [0.05, 0.1) is 49.6 Å². The van der Waals surface area contributed by atoms with Crippen molar-refractivity contribution in [2.75, 3.05) is 13.2 Å². The minimum atomic E-state index is 0.684. The van der Waals surface area contributed by atoms with Crippen molar-refractivity contribution >= 4 is 0 Å². The molecule has 0 saturated heterocycles. The third-order valence-electron chi connectivity index (χ3n) is 10.8. The quantitative estimate of drug-likeness (QED) is 0.0375. The van der Waals surface area contributed by atoms with Gasteiger partial charge in [-0.3, -0.25) is 0 Å². The maximum Gasteiger partial charge on any atom is 0.243 e. The van der Waals surface area contributed by atoms with Gasteiger partial charge in [-0.1, -0.05) is 126 Å². The number of nitriles is 2. The zero-order valence-corrected chi connectivity index (χ0v) is 34.1. The molecule has 0 fully saturated rings. The Morgan fingerprint density at radius 1 is 0.421 bits per heavy atom. The van der Waals surface area contributed by atoms with Gasteiger partial charge in [0.1, 0.15) is 23.9 Å². The molecule has 6 heteroatoms. The number of hydrogen-bond donors (Lipinski definition) is 0. The number of aromatic nitrogens is 2. The van der Waals surface area contributed by atoms with Crippen LogP contribution in [0.5, 0.6) is 11.5 Å². The van der Waals surface area contributed by atoms with Gasteiger partial charge >= 0.3 is 0 Å². The Bertz CT molecular complexity index is 1760. The van der Waals surface area contributed by atoms with E-state index < -0.39 is 0 Å². The minimum Gasteiger partial charge on any atom is -0.494 e. The van der Waals surface area contributed by atoms with E-state index in [0.717, 1.165) is 72.9 Å². The zero-order valence-electron chi connectivity index (χ0n) is 34.1. The molecule has 5 rings (SSSR count). The van der Waals surface area contributed by atoms with Crippen molar-refractivity contribution in [1.82, 2.24) is 4.57 Å². The summed E-state index contributed by atoms with van der Waals surface area (Å²) in [6, 6.07) is 36.2. The van der Waals surface area contributed by atoms with Crippen LogP contribution in [-0.4, -0.2) is 17.8 Å². The molecule has 4 aromatic carbocycles. The van der Waals surface area contributed by atoms with Crippen LogP contribution in [0.4, 0.5) is 0 Å².